The van der Waals surface area contributed by atoms with Crippen LogP contribution in [-0.4, -0.2) is 180 Å². The third-order valence-electron chi connectivity index (χ3n) is 20.4. The van der Waals surface area contributed by atoms with Crippen LogP contribution in [0.15, 0.2) is 120 Å². The van der Waals surface area contributed by atoms with E-state index < -0.39 is 161 Å². The van der Waals surface area contributed by atoms with Crippen LogP contribution in [-0.2, 0) is 89.6 Å². The summed E-state index contributed by atoms with van der Waals surface area (Å²) in [6, 6.07) is 11.1. The Morgan fingerprint density at radius 3 is 1.95 bits per heavy atom. The number of aliphatic carboxylic acids is 1. The van der Waals surface area contributed by atoms with Gasteiger partial charge in [0.1, 0.15) is 53.1 Å². The summed E-state index contributed by atoms with van der Waals surface area (Å²) in [5.74, 6) is -14.3. The van der Waals surface area contributed by atoms with Gasteiger partial charge in [0.05, 0.1) is 43.2 Å². The minimum Gasteiger partial charge on any atom is -0.497 e. The molecule has 582 valence electrons. The average Bonchev–Trinajstić information content (AvgIpc) is 1.60. The van der Waals surface area contributed by atoms with Gasteiger partial charge < -0.3 is 73.4 Å². The van der Waals surface area contributed by atoms with Crippen LogP contribution >= 0.6 is 0 Å². The number of amides is 9. The Morgan fingerprint density at radius 2 is 1.33 bits per heavy atom. The lowest BCUT2D eigenvalue weighted by atomic mass is 9.87. The van der Waals surface area contributed by atoms with Gasteiger partial charge in [-0.05, 0) is 173 Å². The summed E-state index contributed by atoms with van der Waals surface area (Å²) < 4.78 is 37.0. The van der Waals surface area contributed by atoms with Crippen molar-refractivity contribution >= 4 is 98.7 Å². The van der Waals surface area contributed by atoms with Gasteiger partial charge in [-0.2, -0.15) is 0 Å². The molecule has 1 saturated heterocycles. The highest BCUT2D eigenvalue weighted by Crippen LogP contribution is 2.33. The number of H-pyrrole nitrogens is 2. The number of carboxylic acid groups (broad SMARTS) is 1. The highest BCUT2D eigenvalue weighted by molar-refractivity contribution is 6.01. The normalized spacial score (nSPS) is 23.6. The molecule has 4 aliphatic rings. The van der Waals surface area contributed by atoms with Crippen LogP contribution in [0, 0.1) is 23.5 Å². The molecular formula is C78H92F2N16O14. The molecule has 10 atom stereocenters. The largest absolute Gasteiger partial charge is 0.497 e. The van der Waals surface area contributed by atoms with Crippen molar-refractivity contribution in [1.82, 2.24) is 67.1 Å². The van der Waals surface area contributed by atoms with Gasteiger partial charge in [0.25, 0.3) is 0 Å². The number of nitrogens with two attached hydrogens (primary N) is 2. The van der Waals surface area contributed by atoms with E-state index in [-0.39, 0.29) is 83.7 Å². The number of aromatic nitrogens is 5. The van der Waals surface area contributed by atoms with Crippen molar-refractivity contribution in [2.24, 2.45) is 28.3 Å². The van der Waals surface area contributed by atoms with E-state index in [4.69, 9.17) is 16.2 Å². The second-order valence-corrected chi connectivity index (χ2v) is 28.6. The number of benzene rings is 4. The number of nitrogens with zero attached hydrogens (tertiary/aromatic N) is 5. The number of Topliss-reactive ketones (excluding diaryl/α,β-unsaturated/α-hetero) is 2. The summed E-state index contributed by atoms with van der Waals surface area (Å²) in [4.78, 5) is 185. The van der Waals surface area contributed by atoms with E-state index in [1.54, 1.807) is 60.9 Å². The number of aliphatic imine (C=N–C) groups is 1. The number of hydrogen-bond acceptors (Lipinski definition) is 17. The molecule has 0 radical (unpaired) electrons. The minimum atomic E-state index is -1.90. The number of ketones is 2. The zero-order valence-corrected chi connectivity index (χ0v) is 61.5. The molecule has 1 fully saturated rings. The highest BCUT2D eigenvalue weighted by atomic mass is 19.1. The van der Waals surface area contributed by atoms with Crippen molar-refractivity contribution < 1.29 is 76.2 Å². The Labute approximate surface area is 631 Å². The molecule has 11 rings (SSSR count). The maximum atomic E-state index is 15.4. The smallest absolute Gasteiger partial charge is 0.305 e. The first-order chi connectivity index (χ1) is 52.6. The molecule has 7 aromatic rings. The van der Waals surface area contributed by atoms with Crippen molar-refractivity contribution in [2.75, 3.05) is 20.2 Å². The molecule has 4 aliphatic heterocycles. The number of carbonyl (C=O) groups excluding carboxylic acids is 11. The predicted molar refractivity (Wildman–Crippen MR) is 399 cm³/mol. The maximum absolute atomic E-state index is 15.4. The van der Waals surface area contributed by atoms with E-state index in [9.17, 15) is 38.7 Å². The SMILES string of the molecule is COc1ccc(C[C@@H]2NC(=O)[C@H](CC3=CN=CC3)CC(=O)[C@H](CC(=O)O)NC(=O)[C@H](Cc3c[nH]c4ccc(F)cc34)CC(=O)[C@H](Cc3c[nH]c4ccc(F)cc34)NC(=O)[C@@H](C)NC(=O)[C@H](CCCCN)NC(=O)[C@@H](NC(C)=O)CCCc3cn(nn3)-c3ccc(cc3)C[C@@H](C(N)=O)NC(=O)[C@]3(C)CCCN3C2=O)cc1. The number of fused-ring (bicyclic) bond motifs is 32. The van der Waals surface area contributed by atoms with Crippen LogP contribution in [0.25, 0.3) is 27.5 Å². The van der Waals surface area contributed by atoms with Crippen LogP contribution in [0.1, 0.15) is 126 Å². The number of allylic oxidation sites excluding steroid dienone is 1. The Bertz CT molecular complexity index is 4650. The summed E-state index contributed by atoms with van der Waals surface area (Å²) in [6.07, 6.45) is 6.15. The molecule has 0 saturated carbocycles. The number of carbonyl (C=O) groups is 12. The first-order valence-electron chi connectivity index (χ1n) is 36.7. The maximum Gasteiger partial charge on any atom is 0.305 e. The molecule has 0 spiro atoms. The Hall–Kier alpha value is -11.8. The number of nitrogens with one attached hydrogen (secondary N) is 9. The van der Waals surface area contributed by atoms with Gasteiger partial charge in [-0.3, -0.25) is 62.5 Å². The van der Waals surface area contributed by atoms with Gasteiger partial charge in [-0.15, -0.1) is 5.10 Å². The molecule has 110 heavy (non-hydrogen) atoms. The molecule has 7 heterocycles. The topological polar surface area (TPSA) is 448 Å². The monoisotopic (exact) mass is 1510 g/mol. The molecule has 30 nitrogen and oxygen atoms in total. The third kappa shape index (κ3) is 20.9. The zero-order valence-electron chi connectivity index (χ0n) is 61.5. The van der Waals surface area contributed by atoms with Crippen molar-refractivity contribution in [3.05, 3.63) is 155 Å². The second kappa shape index (κ2) is 36.8. The zero-order chi connectivity index (χ0) is 78.9. The number of primary amides is 1. The summed E-state index contributed by atoms with van der Waals surface area (Å²) in [7, 11) is 1.47. The van der Waals surface area contributed by atoms with E-state index in [2.05, 4.69) is 62.5 Å². The fourth-order valence-electron chi connectivity index (χ4n) is 14.2. The lowest BCUT2D eigenvalue weighted by Gasteiger charge is -2.37. The van der Waals surface area contributed by atoms with Crippen LogP contribution in [0.5, 0.6) is 5.75 Å². The van der Waals surface area contributed by atoms with Crippen molar-refractivity contribution in [1.29, 1.82) is 0 Å². The fourth-order valence-corrected chi connectivity index (χ4v) is 14.2. The van der Waals surface area contributed by atoms with Gasteiger partial charge in [0.15, 0.2) is 11.6 Å². The molecule has 9 amide bonds. The fraction of sp³-hybridized carbons (Fsp3) is 0.423. The lowest BCUT2D eigenvalue weighted by Crippen LogP contribution is -2.62. The summed E-state index contributed by atoms with van der Waals surface area (Å²) in [5, 5.41) is 38.7. The molecule has 0 unspecified atom stereocenters. The van der Waals surface area contributed by atoms with E-state index in [0.29, 0.717) is 86.0 Å². The Morgan fingerprint density at radius 1 is 0.700 bits per heavy atom. The molecule has 4 bridgehead atoms. The first kappa shape index (κ1) is 80.7. The molecule has 14 N–H and O–H groups in total. The van der Waals surface area contributed by atoms with Crippen molar-refractivity contribution in [3.63, 3.8) is 0 Å². The van der Waals surface area contributed by atoms with E-state index in [1.165, 1.54) is 92.5 Å². The predicted octanol–water partition coefficient (Wildman–Crippen LogP) is 3.93. The van der Waals surface area contributed by atoms with Gasteiger partial charge >= 0.3 is 5.97 Å². The number of aryl methyl sites for hydroxylation is 1. The van der Waals surface area contributed by atoms with Gasteiger partial charge in [-0.25, -0.2) is 13.5 Å². The van der Waals surface area contributed by atoms with Gasteiger partial charge in [-0.1, -0.05) is 29.5 Å². The molecule has 32 heteroatoms. The summed E-state index contributed by atoms with van der Waals surface area (Å²) in [5.41, 5.74) is 14.5. The minimum absolute atomic E-state index is 0.0296. The average molecular weight is 1520 g/mol. The summed E-state index contributed by atoms with van der Waals surface area (Å²) in [6.45, 7) is 4.35. The second-order valence-electron chi connectivity index (χ2n) is 28.6. The van der Waals surface area contributed by atoms with Crippen LogP contribution in [0.4, 0.5) is 8.78 Å². The highest BCUT2D eigenvalue weighted by Gasteiger charge is 2.49. The lowest BCUT2D eigenvalue weighted by molar-refractivity contribution is -0.147. The van der Waals surface area contributed by atoms with E-state index in [0.717, 1.165) is 0 Å². The number of carboxylic acids is 1. The Balaban J connectivity index is 1.01. The number of aromatic amines is 2. The van der Waals surface area contributed by atoms with E-state index in [1.807, 2.05) is 0 Å². The number of halogens is 2. The quantitative estimate of drug-likeness (QED) is 0.0454. The number of unbranched alkanes of at least 4 members (excludes halogenated alkanes) is 1. The van der Waals surface area contributed by atoms with Crippen molar-refractivity contribution in [2.45, 2.75) is 178 Å². The first-order valence-corrected chi connectivity index (χ1v) is 36.7. The van der Waals surface area contributed by atoms with Crippen molar-refractivity contribution in [3.8, 4) is 11.4 Å². The van der Waals surface area contributed by atoms with Crippen LogP contribution < -0.4 is 53.4 Å². The molecule has 0 aliphatic carbocycles. The number of ether oxygens (including phenoxy) is 1. The van der Waals surface area contributed by atoms with Crippen LogP contribution in [0.3, 0.4) is 0 Å². The van der Waals surface area contributed by atoms with Gasteiger partial charge in [0.2, 0.25) is 53.2 Å². The van der Waals surface area contributed by atoms with Crippen LogP contribution in [0.2, 0.25) is 0 Å². The van der Waals surface area contributed by atoms with Gasteiger partial charge in [0, 0.05) is 110 Å². The Kier molecular flexibility index (Phi) is 27.0. The summed E-state index contributed by atoms with van der Waals surface area (Å²) >= 11 is 0. The molecular weight excluding hydrogens is 1420 g/mol. The third-order valence-corrected chi connectivity index (χ3v) is 20.4. The molecule has 3 aromatic heterocycles. The standard InChI is InChI=1S/C78H92F2N16O14/c1-43-71(103)89-63(33-51-41-85-60-23-17-53(80)37-58(51)60)67(98)35-49(32-50-40-84-59-22-16-52(79)36-57(50)59)73(105)90-64(38-69(100)101)68(99)34-48(29-47-24-27-83-39-47)72(104)91-66(31-46-14-20-56(110-4)21-15-46)76(108)95-28-8-25-78(95,3)77(109)92-65(70(82)102)30-45-12-18-55(19-13-45)96-42-54(93-94-96)9-7-11-61(87-44(2)97)75(107)88-62(74(106)86-43)10-5-6-26-81/h12-23,27,36-37,39-43,48-49,61-66,84-85H,5-11,24-26,28-35,38,81H2,1-4H3,(H2,82,102)(H,86,106)(H,87,97)(H,88,107)(H,89,103)(H,90,105)(H,91,104)(H,92,109)(H,100,101)/t43-,48-,49-,61+,62+,63+,64+,65+,66+,78+/m1/s1. The number of hydrogen-bond donors (Lipinski definition) is 12. The number of methoxy groups -OCH3 is 1. The number of rotatable bonds is 17. The van der Waals surface area contributed by atoms with E-state index >= 15 is 32.8 Å². The molecule has 4 aromatic carbocycles.